The second kappa shape index (κ2) is 10.6. The molecule has 3 atom stereocenters. The third-order valence-corrected chi connectivity index (χ3v) is 7.40. The normalized spacial score (nSPS) is 21.0. The van der Waals surface area contributed by atoms with E-state index in [2.05, 4.69) is 56.3 Å². The molecule has 1 aliphatic heterocycles. The highest BCUT2D eigenvalue weighted by Gasteiger charge is 2.42. The summed E-state index contributed by atoms with van der Waals surface area (Å²) in [5.74, 6) is 0.718. The molecule has 3 aromatic rings. The molecule has 1 amide bonds. The van der Waals surface area contributed by atoms with Gasteiger partial charge in [-0.1, -0.05) is 86.8 Å². The van der Waals surface area contributed by atoms with Crippen LogP contribution in [0, 0.1) is 11.8 Å². The molecule has 1 aliphatic rings. The van der Waals surface area contributed by atoms with Crippen LogP contribution in [-0.2, 0) is 11.3 Å². The summed E-state index contributed by atoms with van der Waals surface area (Å²) in [6.45, 7) is 5.73. The molecule has 0 bridgehead atoms. The Morgan fingerprint density at radius 1 is 1.03 bits per heavy atom. The number of fused-ring (bicyclic) bond motifs is 1. The Kier molecular flexibility index (Phi) is 7.56. The molecule has 1 fully saturated rings. The summed E-state index contributed by atoms with van der Waals surface area (Å²) in [6.07, 6.45) is 0.916. The largest absolute Gasteiger partial charge is 0.465 e. The van der Waals surface area contributed by atoms with Gasteiger partial charge in [0.2, 0.25) is 0 Å². The van der Waals surface area contributed by atoms with Crippen molar-refractivity contribution in [3.8, 4) is 0 Å². The summed E-state index contributed by atoms with van der Waals surface area (Å²) in [4.78, 5) is 13.5. The number of ether oxygens (including phenoxy) is 1. The van der Waals surface area contributed by atoms with Gasteiger partial charge in [0.15, 0.2) is 0 Å². The Labute approximate surface area is 201 Å². The van der Waals surface area contributed by atoms with E-state index in [0.29, 0.717) is 30.6 Å². The summed E-state index contributed by atoms with van der Waals surface area (Å²) in [6, 6.07) is 22.6. The van der Waals surface area contributed by atoms with Crippen LogP contribution in [0.1, 0.15) is 43.7 Å². The molecule has 33 heavy (non-hydrogen) atoms. The average molecular weight is 466 g/mol. The van der Waals surface area contributed by atoms with Crippen LogP contribution in [-0.4, -0.2) is 35.3 Å². The number of hydrogen-bond acceptors (Lipinski definition) is 2. The standard InChI is InChI=1S/C28H32ClNO3/c1-3-20(4-2)25-16-30(28(31)32)17-26(27(25)22-11-13-24(29)14-12-22)33-18-19-9-10-21-7-5-6-8-23(21)15-19/h5-15,20,25-27H,3-4,16-18H2,1-2H3,(H,31,32). The van der Waals surface area contributed by atoms with E-state index < -0.39 is 6.09 Å². The van der Waals surface area contributed by atoms with Gasteiger partial charge in [0.1, 0.15) is 0 Å². The predicted octanol–water partition coefficient (Wildman–Crippen LogP) is 7.21. The van der Waals surface area contributed by atoms with E-state index in [4.69, 9.17) is 16.3 Å². The van der Waals surface area contributed by atoms with Crippen molar-refractivity contribution in [3.63, 3.8) is 0 Å². The second-order valence-electron chi connectivity index (χ2n) is 9.04. The SMILES string of the molecule is CCC(CC)C1CN(C(=O)O)CC(OCc2ccc3ccccc3c2)C1c1ccc(Cl)cc1. The van der Waals surface area contributed by atoms with Crippen molar-refractivity contribution in [2.24, 2.45) is 11.8 Å². The summed E-state index contributed by atoms with van der Waals surface area (Å²) in [5.41, 5.74) is 2.26. The maximum atomic E-state index is 12.0. The van der Waals surface area contributed by atoms with Crippen LogP contribution in [0.5, 0.6) is 0 Å². The number of carbonyl (C=O) groups is 1. The monoisotopic (exact) mass is 465 g/mol. The van der Waals surface area contributed by atoms with Gasteiger partial charge in [-0.15, -0.1) is 0 Å². The van der Waals surface area contributed by atoms with Crippen LogP contribution in [0.25, 0.3) is 10.8 Å². The van der Waals surface area contributed by atoms with Gasteiger partial charge in [-0.2, -0.15) is 0 Å². The Hall–Kier alpha value is -2.56. The van der Waals surface area contributed by atoms with Gasteiger partial charge in [0, 0.05) is 17.5 Å². The number of piperidine rings is 1. The number of hydrogen-bond donors (Lipinski definition) is 1. The molecule has 5 heteroatoms. The van der Waals surface area contributed by atoms with E-state index in [1.807, 2.05) is 24.3 Å². The highest BCUT2D eigenvalue weighted by atomic mass is 35.5. The van der Waals surface area contributed by atoms with Gasteiger partial charge in [-0.05, 0) is 51.9 Å². The maximum absolute atomic E-state index is 12.0. The minimum atomic E-state index is -0.875. The molecule has 0 aromatic heterocycles. The van der Waals surface area contributed by atoms with E-state index in [-0.39, 0.29) is 17.9 Å². The number of amides is 1. The fraction of sp³-hybridized carbons (Fsp3) is 0.393. The first-order valence-electron chi connectivity index (χ1n) is 11.8. The van der Waals surface area contributed by atoms with Crippen LogP contribution in [0.15, 0.2) is 66.7 Å². The number of nitrogens with zero attached hydrogens (tertiary/aromatic N) is 1. The van der Waals surface area contributed by atoms with Crippen molar-refractivity contribution >= 4 is 28.5 Å². The van der Waals surface area contributed by atoms with Gasteiger partial charge in [0.05, 0.1) is 19.3 Å². The highest BCUT2D eigenvalue weighted by Crippen LogP contribution is 2.42. The third kappa shape index (κ3) is 5.34. The Morgan fingerprint density at radius 3 is 2.39 bits per heavy atom. The molecule has 3 unspecified atom stereocenters. The van der Waals surface area contributed by atoms with Crippen LogP contribution >= 0.6 is 11.6 Å². The molecule has 1 saturated heterocycles. The Morgan fingerprint density at radius 2 is 1.73 bits per heavy atom. The molecule has 1 heterocycles. The zero-order valence-electron chi connectivity index (χ0n) is 19.3. The summed E-state index contributed by atoms with van der Waals surface area (Å²) in [5, 5.41) is 12.9. The molecule has 1 N–H and O–H groups in total. The minimum absolute atomic E-state index is 0.114. The van der Waals surface area contributed by atoms with Crippen molar-refractivity contribution < 1.29 is 14.6 Å². The van der Waals surface area contributed by atoms with Crippen LogP contribution in [0.4, 0.5) is 4.79 Å². The van der Waals surface area contributed by atoms with Crippen LogP contribution in [0.2, 0.25) is 5.02 Å². The summed E-state index contributed by atoms with van der Waals surface area (Å²) in [7, 11) is 0. The van der Waals surface area contributed by atoms with Crippen molar-refractivity contribution in [2.45, 2.75) is 45.3 Å². The number of benzene rings is 3. The lowest BCUT2D eigenvalue weighted by Gasteiger charge is -2.46. The van der Waals surface area contributed by atoms with Crippen molar-refractivity contribution in [2.75, 3.05) is 13.1 Å². The lowest BCUT2D eigenvalue weighted by atomic mass is 9.70. The van der Waals surface area contributed by atoms with Crippen molar-refractivity contribution in [1.82, 2.24) is 4.90 Å². The summed E-state index contributed by atoms with van der Waals surface area (Å²) < 4.78 is 6.53. The van der Waals surface area contributed by atoms with Gasteiger partial charge >= 0.3 is 6.09 Å². The predicted molar refractivity (Wildman–Crippen MR) is 134 cm³/mol. The first-order chi connectivity index (χ1) is 16.0. The number of likely N-dealkylation sites (tertiary alicyclic amines) is 1. The minimum Gasteiger partial charge on any atom is -0.465 e. The molecule has 0 spiro atoms. The van der Waals surface area contributed by atoms with Gasteiger partial charge in [-0.25, -0.2) is 4.79 Å². The fourth-order valence-corrected chi connectivity index (χ4v) is 5.50. The van der Waals surface area contributed by atoms with Crippen molar-refractivity contribution in [1.29, 1.82) is 0 Å². The summed E-state index contributed by atoms with van der Waals surface area (Å²) >= 11 is 6.18. The van der Waals surface area contributed by atoms with Crippen molar-refractivity contribution in [3.05, 3.63) is 82.9 Å². The molecule has 4 rings (SSSR count). The zero-order valence-corrected chi connectivity index (χ0v) is 20.0. The smallest absolute Gasteiger partial charge is 0.407 e. The van der Waals surface area contributed by atoms with Crippen LogP contribution in [0.3, 0.4) is 0 Å². The molecule has 174 valence electrons. The highest BCUT2D eigenvalue weighted by molar-refractivity contribution is 6.30. The third-order valence-electron chi connectivity index (χ3n) is 7.15. The Balaban J connectivity index is 1.65. The zero-order chi connectivity index (χ0) is 23.4. The molecular weight excluding hydrogens is 434 g/mol. The average Bonchev–Trinajstić information content (AvgIpc) is 2.83. The molecular formula is C28H32ClNO3. The van der Waals surface area contributed by atoms with E-state index in [1.54, 1.807) is 4.90 Å². The van der Waals surface area contributed by atoms with Gasteiger partial charge in [-0.3, -0.25) is 0 Å². The van der Waals surface area contributed by atoms with Crippen LogP contribution < -0.4 is 0 Å². The number of halogens is 1. The second-order valence-corrected chi connectivity index (χ2v) is 9.47. The quantitative estimate of drug-likeness (QED) is 0.401. The fourth-order valence-electron chi connectivity index (χ4n) is 5.38. The molecule has 4 nitrogen and oxygen atoms in total. The number of carboxylic acid groups (broad SMARTS) is 1. The van der Waals surface area contributed by atoms with Gasteiger partial charge < -0.3 is 14.7 Å². The lowest BCUT2D eigenvalue weighted by molar-refractivity contribution is -0.0508. The molecule has 0 saturated carbocycles. The Bertz CT molecular complexity index is 1080. The first-order valence-corrected chi connectivity index (χ1v) is 12.2. The van der Waals surface area contributed by atoms with Gasteiger partial charge in [0.25, 0.3) is 0 Å². The number of rotatable bonds is 7. The van der Waals surface area contributed by atoms with E-state index in [0.717, 1.165) is 18.4 Å². The molecule has 3 aromatic carbocycles. The van der Waals surface area contributed by atoms with E-state index in [9.17, 15) is 9.90 Å². The maximum Gasteiger partial charge on any atom is 0.407 e. The lowest BCUT2D eigenvalue weighted by Crippen LogP contribution is -2.52. The van der Waals surface area contributed by atoms with E-state index >= 15 is 0 Å². The van der Waals surface area contributed by atoms with E-state index in [1.165, 1.54) is 16.3 Å². The first kappa shape index (κ1) is 23.6. The molecule has 0 aliphatic carbocycles. The molecule has 0 radical (unpaired) electrons. The topological polar surface area (TPSA) is 49.8 Å².